The average molecular weight is 299 g/mol. The van der Waals surface area contributed by atoms with Crippen molar-refractivity contribution >= 4 is 6.03 Å². The van der Waals surface area contributed by atoms with Crippen molar-refractivity contribution < 1.29 is 4.79 Å². The zero-order valence-corrected chi connectivity index (χ0v) is 12.8. The molecular weight excluding hydrogens is 278 g/mol. The van der Waals surface area contributed by atoms with Crippen molar-refractivity contribution in [2.45, 2.75) is 25.3 Å². The van der Waals surface area contributed by atoms with E-state index in [1.807, 2.05) is 36.5 Å². The van der Waals surface area contributed by atoms with E-state index in [0.717, 1.165) is 36.9 Å². The van der Waals surface area contributed by atoms with Crippen molar-refractivity contribution in [1.82, 2.24) is 25.0 Å². The first-order valence-electron chi connectivity index (χ1n) is 7.66. The molecule has 2 amide bonds. The fraction of sp³-hybridized carbons (Fsp3) is 0.438. The van der Waals surface area contributed by atoms with Crippen LogP contribution >= 0.6 is 0 Å². The zero-order valence-electron chi connectivity index (χ0n) is 12.8. The largest absolute Gasteiger partial charge is 0.338 e. The molecule has 6 heteroatoms. The maximum Gasteiger partial charge on any atom is 0.317 e. The van der Waals surface area contributed by atoms with Gasteiger partial charge < -0.3 is 10.2 Å². The smallest absolute Gasteiger partial charge is 0.317 e. The Morgan fingerprint density at radius 2 is 2.23 bits per heavy atom. The quantitative estimate of drug-likeness (QED) is 0.938. The molecule has 0 unspecified atom stereocenters. The van der Waals surface area contributed by atoms with Gasteiger partial charge in [-0.15, -0.1) is 0 Å². The zero-order chi connectivity index (χ0) is 15.4. The molecule has 1 aliphatic rings. The van der Waals surface area contributed by atoms with Crippen LogP contribution in [0.2, 0.25) is 0 Å². The maximum absolute atomic E-state index is 12.4. The fourth-order valence-electron chi connectivity index (χ4n) is 2.96. The van der Waals surface area contributed by atoms with Gasteiger partial charge in [-0.1, -0.05) is 0 Å². The standard InChI is InChI=1S/C16H21N5O/c1-20-12-13(11-19-20)4-9-18-16(22)21-10-2-3-15(21)14-5-7-17-8-6-14/h5-8,11-12,15H,2-4,9-10H2,1H3,(H,18,22)/t15-/m0/s1. The summed E-state index contributed by atoms with van der Waals surface area (Å²) in [6, 6.07) is 4.17. The first kappa shape index (κ1) is 14.6. The third-order valence-electron chi connectivity index (χ3n) is 4.05. The molecule has 1 saturated heterocycles. The molecule has 0 saturated carbocycles. The van der Waals surface area contributed by atoms with E-state index in [0.29, 0.717) is 6.54 Å². The van der Waals surface area contributed by atoms with Crippen LogP contribution in [-0.4, -0.2) is 38.8 Å². The van der Waals surface area contributed by atoms with Crippen LogP contribution in [0.4, 0.5) is 4.79 Å². The van der Waals surface area contributed by atoms with Gasteiger partial charge in [-0.3, -0.25) is 9.67 Å². The van der Waals surface area contributed by atoms with Gasteiger partial charge in [0.2, 0.25) is 0 Å². The number of hydrogen-bond donors (Lipinski definition) is 1. The highest BCUT2D eigenvalue weighted by molar-refractivity contribution is 5.75. The van der Waals surface area contributed by atoms with Crippen molar-refractivity contribution in [3.8, 4) is 0 Å². The monoisotopic (exact) mass is 299 g/mol. The van der Waals surface area contributed by atoms with E-state index in [-0.39, 0.29) is 12.1 Å². The SMILES string of the molecule is Cn1cc(CCNC(=O)N2CCC[C@H]2c2ccncc2)cn1. The maximum atomic E-state index is 12.4. The third-order valence-corrected chi connectivity index (χ3v) is 4.05. The molecule has 22 heavy (non-hydrogen) atoms. The summed E-state index contributed by atoms with van der Waals surface area (Å²) in [5.41, 5.74) is 2.30. The summed E-state index contributed by atoms with van der Waals surface area (Å²) in [6.45, 7) is 1.44. The molecule has 0 aromatic carbocycles. The van der Waals surface area contributed by atoms with E-state index in [2.05, 4.69) is 15.4 Å². The van der Waals surface area contributed by atoms with Gasteiger partial charge in [-0.2, -0.15) is 5.10 Å². The summed E-state index contributed by atoms with van der Waals surface area (Å²) < 4.78 is 1.77. The number of amides is 2. The summed E-state index contributed by atoms with van der Waals surface area (Å²) in [4.78, 5) is 18.4. The van der Waals surface area contributed by atoms with E-state index < -0.39 is 0 Å². The van der Waals surface area contributed by atoms with Crippen LogP contribution in [-0.2, 0) is 13.5 Å². The number of urea groups is 1. The summed E-state index contributed by atoms with van der Waals surface area (Å²) in [5, 5.41) is 7.15. The summed E-state index contributed by atoms with van der Waals surface area (Å²) in [7, 11) is 1.89. The van der Waals surface area contributed by atoms with Gasteiger partial charge in [0.1, 0.15) is 0 Å². The Hall–Kier alpha value is -2.37. The van der Waals surface area contributed by atoms with Gasteiger partial charge >= 0.3 is 6.03 Å². The second-order valence-corrected chi connectivity index (χ2v) is 5.64. The van der Waals surface area contributed by atoms with Crippen molar-refractivity contribution in [1.29, 1.82) is 0 Å². The number of hydrogen-bond acceptors (Lipinski definition) is 3. The average Bonchev–Trinajstić information content (AvgIpc) is 3.17. The molecule has 0 bridgehead atoms. The predicted octanol–water partition coefficient (Wildman–Crippen LogP) is 1.90. The normalized spacial score (nSPS) is 17.7. The number of nitrogens with zero attached hydrogens (tertiary/aromatic N) is 4. The molecule has 2 aromatic rings. The third kappa shape index (κ3) is 3.27. The molecule has 116 valence electrons. The highest BCUT2D eigenvalue weighted by Gasteiger charge is 2.29. The minimum absolute atomic E-state index is 0.0169. The molecule has 2 aromatic heterocycles. The Bertz CT molecular complexity index is 624. The number of aryl methyl sites for hydroxylation is 1. The fourth-order valence-corrected chi connectivity index (χ4v) is 2.96. The first-order valence-corrected chi connectivity index (χ1v) is 7.66. The number of pyridine rings is 1. The molecule has 1 atom stereocenters. The lowest BCUT2D eigenvalue weighted by atomic mass is 10.1. The summed E-state index contributed by atoms with van der Waals surface area (Å²) >= 11 is 0. The number of carbonyl (C=O) groups is 1. The van der Waals surface area contributed by atoms with Crippen molar-refractivity contribution in [3.05, 3.63) is 48.0 Å². The van der Waals surface area contributed by atoms with Gasteiger partial charge in [0.25, 0.3) is 0 Å². The van der Waals surface area contributed by atoms with Gasteiger partial charge in [0, 0.05) is 38.7 Å². The molecule has 3 rings (SSSR count). The van der Waals surface area contributed by atoms with Crippen molar-refractivity contribution in [2.24, 2.45) is 7.05 Å². The number of carbonyl (C=O) groups excluding carboxylic acids is 1. The van der Waals surface area contributed by atoms with Crippen LogP contribution in [0.25, 0.3) is 0 Å². The molecular formula is C16H21N5O. The lowest BCUT2D eigenvalue weighted by Gasteiger charge is -2.25. The van der Waals surface area contributed by atoms with Crippen LogP contribution in [0.5, 0.6) is 0 Å². The molecule has 0 aliphatic carbocycles. The van der Waals surface area contributed by atoms with Gasteiger partial charge in [0.05, 0.1) is 12.2 Å². The van der Waals surface area contributed by atoms with Gasteiger partial charge in [0.15, 0.2) is 0 Å². The Labute approximate surface area is 130 Å². The number of rotatable bonds is 4. The van der Waals surface area contributed by atoms with Crippen LogP contribution in [0.1, 0.15) is 30.0 Å². The van der Waals surface area contributed by atoms with Crippen LogP contribution in [0.3, 0.4) is 0 Å². The van der Waals surface area contributed by atoms with E-state index >= 15 is 0 Å². The number of nitrogens with one attached hydrogen (secondary N) is 1. The Kier molecular flexibility index (Phi) is 4.37. The van der Waals surface area contributed by atoms with Gasteiger partial charge in [-0.25, -0.2) is 4.79 Å². The van der Waals surface area contributed by atoms with Crippen LogP contribution in [0.15, 0.2) is 36.9 Å². The summed E-state index contributed by atoms with van der Waals surface area (Å²) in [5.74, 6) is 0. The van der Waals surface area contributed by atoms with Crippen LogP contribution < -0.4 is 5.32 Å². The molecule has 0 radical (unpaired) electrons. The topological polar surface area (TPSA) is 63.1 Å². The molecule has 1 aliphatic heterocycles. The number of likely N-dealkylation sites (tertiary alicyclic amines) is 1. The lowest BCUT2D eigenvalue weighted by molar-refractivity contribution is 0.193. The van der Waals surface area contributed by atoms with E-state index in [4.69, 9.17) is 0 Å². The molecule has 0 spiro atoms. The lowest BCUT2D eigenvalue weighted by Crippen LogP contribution is -2.40. The minimum Gasteiger partial charge on any atom is -0.338 e. The second-order valence-electron chi connectivity index (χ2n) is 5.64. The van der Waals surface area contributed by atoms with Crippen molar-refractivity contribution in [2.75, 3.05) is 13.1 Å². The van der Waals surface area contributed by atoms with Crippen LogP contribution in [0, 0.1) is 0 Å². The molecule has 3 heterocycles. The number of aromatic nitrogens is 3. The Morgan fingerprint density at radius 3 is 2.95 bits per heavy atom. The van der Waals surface area contributed by atoms with Crippen molar-refractivity contribution in [3.63, 3.8) is 0 Å². The molecule has 1 fully saturated rings. The highest BCUT2D eigenvalue weighted by atomic mass is 16.2. The molecule has 6 nitrogen and oxygen atoms in total. The molecule has 1 N–H and O–H groups in total. The first-order chi connectivity index (χ1) is 10.7. The summed E-state index contributed by atoms with van der Waals surface area (Å²) in [6.07, 6.45) is 10.2. The Morgan fingerprint density at radius 1 is 1.41 bits per heavy atom. The van der Waals surface area contributed by atoms with E-state index in [9.17, 15) is 4.79 Å². The second kappa shape index (κ2) is 6.60. The predicted molar refractivity (Wildman–Crippen MR) is 83.2 cm³/mol. The van der Waals surface area contributed by atoms with E-state index in [1.54, 1.807) is 17.1 Å². The minimum atomic E-state index is 0.0169. The highest BCUT2D eigenvalue weighted by Crippen LogP contribution is 2.31. The Balaban J connectivity index is 1.55. The van der Waals surface area contributed by atoms with E-state index in [1.165, 1.54) is 0 Å². The van der Waals surface area contributed by atoms with Gasteiger partial charge in [-0.05, 0) is 42.5 Å².